The molecule has 0 saturated heterocycles. The standard InChI is InChI=1S/C37H43N3O4S/c1-5-6-24-38-37(42)35(25-31-15-9-7-10-16-31)39(26-32-22-20-28(2)21-23-32)36(41)27-40(34-19-13-14-29(3)30(34)4)45(43,44)33-17-11-8-12-18-33/h7-23,35H,5-6,24-27H2,1-4H3,(H,38,42)/t35-/m0/s1. The number of benzene rings is 4. The molecule has 1 atom stereocenters. The van der Waals surface area contributed by atoms with E-state index in [0.29, 0.717) is 12.2 Å². The van der Waals surface area contributed by atoms with E-state index in [1.165, 1.54) is 21.3 Å². The quantitative estimate of drug-likeness (QED) is 0.165. The first-order valence-electron chi connectivity index (χ1n) is 15.4. The second-order valence-electron chi connectivity index (χ2n) is 11.4. The summed E-state index contributed by atoms with van der Waals surface area (Å²) in [6.07, 6.45) is 2.01. The van der Waals surface area contributed by atoms with Crippen molar-refractivity contribution in [3.05, 3.63) is 131 Å². The number of anilines is 1. The molecule has 0 fully saturated rings. The van der Waals surface area contributed by atoms with E-state index in [-0.39, 0.29) is 23.8 Å². The number of sulfonamides is 1. The Hall–Kier alpha value is -4.43. The first kappa shape index (κ1) is 33.5. The number of rotatable bonds is 14. The third kappa shape index (κ3) is 8.60. The predicted octanol–water partition coefficient (Wildman–Crippen LogP) is 6.36. The first-order valence-corrected chi connectivity index (χ1v) is 16.9. The van der Waals surface area contributed by atoms with Crippen molar-refractivity contribution in [3.8, 4) is 0 Å². The monoisotopic (exact) mass is 625 g/mol. The van der Waals surface area contributed by atoms with Crippen molar-refractivity contribution < 1.29 is 18.0 Å². The fourth-order valence-electron chi connectivity index (χ4n) is 5.19. The molecule has 0 aliphatic heterocycles. The Labute approximate surface area is 268 Å². The van der Waals surface area contributed by atoms with Crippen LogP contribution in [0.15, 0.2) is 108 Å². The molecule has 0 aromatic heterocycles. The van der Waals surface area contributed by atoms with Gasteiger partial charge < -0.3 is 10.2 Å². The van der Waals surface area contributed by atoms with Gasteiger partial charge in [-0.3, -0.25) is 13.9 Å². The number of hydrogen-bond donors (Lipinski definition) is 1. The Balaban J connectivity index is 1.81. The predicted molar refractivity (Wildman–Crippen MR) is 180 cm³/mol. The molecular formula is C37H43N3O4S. The van der Waals surface area contributed by atoms with Crippen LogP contribution in [0.4, 0.5) is 5.69 Å². The van der Waals surface area contributed by atoms with E-state index in [4.69, 9.17) is 0 Å². The molecule has 8 heteroatoms. The van der Waals surface area contributed by atoms with Crippen molar-refractivity contribution >= 4 is 27.5 Å². The van der Waals surface area contributed by atoms with Gasteiger partial charge in [0.1, 0.15) is 12.6 Å². The van der Waals surface area contributed by atoms with Crippen LogP contribution in [-0.2, 0) is 32.6 Å². The smallest absolute Gasteiger partial charge is 0.264 e. The molecule has 0 spiro atoms. The molecule has 4 aromatic rings. The van der Waals surface area contributed by atoms with Crippen LogP contribution in [-0.4, -0.2) is 44.3 Å². The van der Waals surface area contributed by atoms with Crippen LogP contribution >= 0.6 is 0 Å². The molecular weight excluding hydrogens is 582 g/mol. The number of hydrogen-bond acceptors (Lipinski definition) is 4. The van der Waals surface area contributed by atoms with Gasteiger partial charge in [-0.05, 0) is 67.6 Å². The molecule has 0 heterocycles. The normalized spacial score (nSPS) is 11.9. The summed E-state index contributed by atoms with van der Waals surface area (Å²) in [6.45, 7) is 7.97. The summed E-state index contributed by atoms with van der Waals surface area (Å²) in [5.41, 5.74) is 4.91. The maximum absolute atomic E-state index is 14.6. The number of nitrogens with zero attached hydrogens (tertiary/aromatic N) is 2. The Morgan fingerprint density at radius 1 is 0.778 bits per heavy atom. The largest absolute Gasteiger partial charge is 0.354 e. The van der Waals surface area contributed by atoms with Crippen molar-refractivity contribution in [1.82, 2.24) is 10.2 Å². The molecule has 7 nitrogen and oxygen atoms in total. The maximum atomic E-state index is 14.6. The van der Waals surface area contributed by atoms with Crippen LogP contribution in [0.25, 0.3) is 0 Å². The number of carbonyl (C=O) groups excluding carboxylic acids is 2. The maximum Gasteiger partial charge on any atom is 0.264 e. The SMILES string of the molecule is CCCCNC(=O)[C@H](Cc1ccccc1)N(Cc1ccc(C)cc1)C(=O)CN(c1cccc(C)c1C)S(=O)(=O)c1ccccc1. The molecule has 0 aliphatic rings. The van der Waals surface area contributed by atoms with Crippen LogP contribution < -0.4 is 9.62 Å². The molecule has 1 N–H and O–H groups in total. The summed E-state index contributed by atoms with van der Waals surface area (Å²) in [5.74, 6) is -0.737. The van der Waals surface area contributed by atoms with Gasteiger partial charge in [-0.2, -0.15) is 0 Å². The van der Waals surface area contributed by atoms with Gasteiger partial charge in [0.25, 0.3) is 10.0 Å². The topological polar surface area (TPSA) is 86.8 Å². The van der Waals surface area contributed by atoms with Gasteiger partial charge in [0.2, 0.25) is 11.8 Å². The van der Waals surface area contributed by atoms with Crippen molar-refractivity contribution in [3.63, 3.8) is 0 Å². The lowest BCUT2D eigenvalue weighted by Gasteiger charge is -2.34. The molecule has 0 aliphatic carbocycles. The third-order valence-corrected chi connectivity index (χ3v) is 9.80. The zero-order valence-corrected chi connectivity index (χ0v) is 27.4. The second kappa shape index (κ2) is 15.5. The zero-order chi connectivity index (χ0) is 32.4. The van der Waals surface area contributed by atoms with E-state index in [9.17, 15) is 18.0 Å². The number of unbranched alkanes of at least 4 members (excludes halogenated alkanes) is 1. The molecule has 45 heavy (non-hydrogen) atoms. The van der Waals surface area contributed by atoms with Gasteiger partial charge in [-0.1, -0.05) is 104 Å². The summed E-state index contributed by atoms with van der Waals surface area (Å²) >= 11 is 0. The Morgan fingerprint density at radius 3 is 2.07 bits per heavy atom. The van der Waals surface area contributed by atoms with E-state index in [0.717, 1.165) is 40.7 Å². The van der Waals surface area contributed by atoms with Crippen LogP contribution in [0.5, 0.6) is 0 Å². The second-order valence-corrected chi connectivity index (χ2v) is 13.3. The highest BCUT2D eigenvalue weighted by Crippen LogP contribution is 2.29. The summed E-state index contributed by atoms with van der Waals surface area (Å²) < 4.78 is 29.6. The lowest BCUT2D eigenvalue weighted by atomic mass is 10.0. The molecule has 0 unspecified atom stereocenters. The molecule has 4 aromatic carbocycles. The van der Waals surface area contributed by atoms with Crippen LogP contribution in [0.1, 0.15) is 47.6 Å². The fourth-order valence-corrected chi connectivity index (χ4v) is 6.68. The van der Waals surface area contributed by atoms with Crippen molar-refractivity contribution in [1.29, 1.82) is 0 Å². The van der Waals surface area contributed by atoms with Gasteiger partial charge >= 0.3 is 0 Å². The number of nitrogens with one attached hydrogen (secondary N) is 1. The molecule has 236 valence electrons. The van der Waals surface area contributed by atoms with Crippen LogP contribution in [0.2, 0.25) is 0 Å². The van der Waals surface area contributed by atoms with Gasteiger partial charge in [0.05, 0.1) is 10.6 Å². The highest BCUT2D eigenvalue weighted by molar-refractivity contribution is 7.92. The first-order chi connectivity index (χ1) is 21.6. The molecule has 0 radical (unpaired) electrons. The molecule has 0 bridgehead atoms. The van der Waals surface area contributed by atoms with Crippen molar-refractivity contribution in [2.45, 2.75) is 64.4 Å². The van der Waals surface area contributed by atoms with E-state index < -0.39 is 28.5 Å². The third-order valence-electron chi connectivity index (χ3n) is 8.03. The highest BCUT2D eigenvalue weighted by atomic mass is 32.2. The van der Waals surface area contributed by atoms with Crippen LogP contribution in [0, 0.1) is 20.8 Å². The average Bonchev–Trinajstić information content (AvgIpc) is 3.04. The summed E-state index contributed by atoms with van der Waals surface area (Å²) in [6, 6.07) is 30.1. The number of aryl methyl sites for hydroxylation is 2. The van der Waals surface area contributed by atoms with E-state index in [2.05, 4.69) is 12.2 Å². The summed E-state index contributed by atoms with van der Waals surface area (Å²) in [7, 11) is -4.14. The molecule has 0 saturated carbocycles. The molecule has 4 rings (SSSR count). The highest BCUT2D eigenvalue weighted by Gasteiger charge is 2.35. The summed E-state index contributed by atoms with van der Waals surface area (Å²) in [4.78, 5) is 30.1. The summed E-state index contributed by atoms with van der Waals surface area (Å²) in [5, 5.41) is 3.03. The Morgan fingerprint density at radius 2 is 1.42 bits per heavy atom. The van der Waals surface area contributed by atoms with E-state index in [1.807, 2.05) is 81.4 Å². The fraction of sp³-hybridized carbons (Fsp3) is 0.297. The minimum atomic E-state index is -4.14. The lowest BCUT2D eigenvalue weighted by Crippen LogP contribution is -2.53. The Bertz CT molecular complexity index is 1670. The van der Waals surface area contributed by atoms with E-state index in [1.54, 1.807) is 30.3 Å². The Kier molecular flexibility index (Phi) is 11.5. The lowest BCUT2D eigenvalue weighted by molar-refractivity contribution is -0.140. The minimum absolute atomic E-state index is 0.0851. The average molecular weight is 626 g/mol. The number of carbonyl (C=O) groups is 2. The number of amides is 2. The zero-order valence-electron chi connectivity index (χ0n) is 26.6. The van der Waals surface area contributed by atoms with Gasteiger partial charge in [0, 0.05) is 19.5 Å². The van der Waals surface area contributed by atoms with Crippen molar-refractivity contribution in [2.24, 2.45) is 0 Å². The van der Waals surface area contributed by atoms with Crippen molar-refractivity contribution in [2.75, 3.05) is 17.4 Å². The van der Waals surface area contributed by atoms with Gasteiger partial charge in [0.15, 0.2) is 0 Å². The van der Waals surface area contributed by atoms with Crippen LogP contribution in [0.3, 0.4) is 0 Å². The minimum Gasteiger partial charge on any atom is -0.354 e. The molecule has 2 amide bonds. The van der Waals surface area contributed by atoms with Gasteiger partial charge in [-0.25, -0.2) is 8.42 Å². The van der Waals surface area contributed by atoms with E-state index >= 15 is 0 Å². The van der Waals surface area contributed by atoms with Gasteiger partial charge in [-0.15, -0.1) is 0 Å².